The number of hydrogen-bond acceptors (Lipinski definition) is 7. The summed E-state index contributed by atoms with van der Waals surface area (Å²) in [6, 6.07) is 15.2. The normalized spacial score (nSPS) is 10.4. The second-order valence-corrected chi connectivity index (χ2v) is 6.15. The molecule has 0 saturated carbocycles. The highest BCUT2D eigenvalue weighted by Crippen LogP contribution is 2.24. The van der Waals surface area contributed by atoms with Crippen LogP contribution in [0.3, 0.4) is 0 Å². The molecule has 7 heteroatoms. The summed E-state index contributed by atoms with van der Waals surface area (Å²) < 4.78 is 5.00. The molecule has 0 amide bonds. The molecule has 0 aliphatic heterocycles. The van der Waals surface area contributed by atoms with Crippen molar-refractivity contribution in [3.63, 3.8) is 0 Å². The number of aromatic nitrogens is 3. The number of carbonyl (C=O) groups excluding carboxylic acids is 1. The Kier molecular flexibility index (Phi) is 6.16. The number of hydrogen-bond donors (Lipinski definition) is 1. The Morgan fingerprint density at radius 1 is 1.14 bits per heavy atom. The molecule has 0 spiro atoms. The Morgan fingerprint density at radius 3 is 2.61 bits per heavy atom. The SMILES string of the molecule is CCOC(=O)c1ccc(Nc2cnnc(N(CC)c3cccc(C)c3)n2)cc1. The van der Waals surface area contributed by atoms with Crippen LogP contribution in [0.25, 0.3) is 0 Å². The van der Waals surface area contributed by atoms with Crippen LogP contribution < -0.4 is 10.2 Å². The third kappa shape index (κ3) is 4.62. The van der Waals surface area contributed by atoms with Gasteiger partial charge < -0.3 is 15.0 Å². The number of aryl methyl sites for hydroxylation is 1. The Morgan fingerprint density at radius 2 is 1.93 bits per heavy atom. The fourth-order valence-electron chi connectivity index (χ4n) is 2.76. The van der Waals surface area contributed by atoms with Gasteiger partial charge in [0.15, 0.2) is 5.82 Å². The summed E-state index contributed by atoms with van der Waals surface area (Å²) >= 11 is 0. The third-order valence-electron chi connectivity index (χ3n) is 4.09. The molecular formula is C21H23N5O2. The first-order valence-electron chi connectivity index (χ1n) is 9.19. The van der Waals surface area contributed by atoms with E-state index in [4.69, 9.17) is 4.74 Å². The van der Waals surface area contributed by atoms with Gasteiger partial charge in [0, 0.05) is 17.9 Å². The van der Waals surface area contributed by atoms with E-state index in [1.54, 1.807) is 37.4 Å². The first-order chi connectivity index (χ1) is 13.6. The molecule has 1 aromatic heterocycles. The quantitative estimate of drug-likeness (QED) is 0.616. The number of rotatable bonds is 7. The molecule has 28 heavy (non-hydrogen) atoms. The second kappa shape index (κ2) is 8.94. The van der Waals surface area contributed by atoms with Crippen LogP contribution >= 0.6 is 0 Å². The van der Waals surface area contributed by atoms with E-state index in [1.807, 2.05) is 36.9 Å². The number of anilines is 4. The largest absolute Gasteiger partial charge is 0.462 e. The zero-order valence-corrected chi connectivity index (χ0v) is 16.2. The minimum absolute atomic E-state index is 0.336. The van der Waals surface area contributed by atoms with Crippen LogP contribution in [0.1, 0.15) is 29.8 Å². The van der Waals surface area contributed by atoms with Crippen molar-refractivity contribution in [2.24, 2.45) is 0 Å². The lowest BCUT2D eigenvalue weighted by Crippen LogP contribution is -2.19. The lowest BCUT2D eigenvalue weighted by molar-refractivity contribution is 0.0526. The zero-order chi connectivity index (χ0) is 19.9. The van der Waals surface area contributed by atoms with Crippen LogP contribution in [0.15, 0.2) is 54.7 Å². The van der Waals surface area contributed by atoms with Crippen LogP contribution in [-0.2, 0) is 4.74 Å². The number of esters is 1. The number of nitrogens with zero attached hydrogens (tertiary/aromatic N) is 4. The van der Waals surface area contributed by atoms with Crippen LogP contribution in [0, 0.1) is 6.92 Å². The molecule has 0 fully saturated rings. The van der Waals surface area contributed by atoms with E-state index in [9.17, 15) is 4.79 Å². The van der Waals surface area contributed by atoms with Gasteiger partial charge in [0.1, 0.15) is 0 Å². The predicted molar refractivity (Wildman–Crippen MR) is 109 cm³/mol. The van der Waals surface area contributed by atoms with Gasteiger partial charge in [-0.2, -0.15) is 10.1 Å². The highest BCUT2D eigenvalue weighted by atomic mass is 16.5. The predicted octanol–water partition coefficient (Wildman–Crippen LogP) is 4.26. The van der Waals surface area contributed by atoms with E-state index in [2.05, 4.69) is 26.6 Å². The molecular weight excluding hydrogens is 354 g/mol. The minimum Gasteiger partial charge on any atom is -0.462 e. The number of ether oxygens (including phenoxy) is 1. The molecule has 0 aliphatic rings. The highest BCUT2D eigenvalue weighted by Gasteiger charge is 2.12. The van der Waals surface area contributed by atoms with Crippen molar-refractivity contribution < 1.29 is 9.53 Å². The van der Waals surface area contributed by atoms with Crippen LogP contribution in [0.5, 0.6) is 0 Å². The molecule has 2 aromatic carbocycles. The Balaban J connectivity index is 1.78. The fraction of sp³-hybridized carbons (Fsp3) is 0.238. The average molecular weight is 377 g/mol. The van der Waals surface area contributed by atoms with Gasteiger partial charge in [-0.1, -0.05) is 12.1 Å². The van der Waals surface area contributed by atoms with Crippen molar-refractivity contribution in [2.75, 3.05) is 23.4 Å². The van der Waals surface area contributed by atoms with Gasteiger partial charge in [0.05, 0.1) is 18.4 Å². The van der Waals surface area contributed by atoms with Crippen LogP contribution in [0.2, 0.25) is 0 Å². The standard InChI is InChI=1S/C21H23N5O2/c1-4-26(18-8-6-7-15(3)13-18)21-24-19(14-22-25-21)23-17-11-9-16(10-12-17)20(27)28-5-2/h6-14H,4-5H2,1-3H3,(H,23,24,25). The van der Waals surface area contributed by atoms with E-state index >= 15 is 0 Å². The van der Waals surface area contributed by atoms with Crippen molar-refractivity contribution in [3.05, 3.63) is 65.9 Å². The number of nitrogens with one attached hydrogen (secondary N) is 1. The molecule has 1 heterocycles. The molecule has 144 valence electrons. The average Bonchev–Trinajstić information content (AvgIpc) is 2.70. The summed E-state index contributed by atoms with van der Waals surface area (Å²) in [4.78, 5) is 18.3. The lowest BCUT2D eigenvalue weighted by atomic mass is 10.2. The van der Waals surface area contributed by atoms with E-state index in [0.29, 0.717) is 30.5 Å². The maximum Gasteiger partial charge on any atom is 0.338 e. The van der Waals surface area contributed by atoms with Crippen molar-refractivity contribution in [1.29, 1.82) is 0 Å². The van der Waals surface area contributed by atoms with Gasteiger partial charge in [-0.05, 0) is 62.7 Å². The molecule has 7 nitrogen and oxygen atoms in total. The Hall–Kier alpha value is -3.48. The highest BCUT2D eigenvalue weighted by molar-refractivity contribution is 5.89. The summed E-state index contributed by atoms with van der Waals surface area (Å²) in [5, 5.41) is 11.4. The summed E-state index contributed by atoms with van der Waals surface area (Å²) in [7, 11) is 0. The van der Waals surface area contributed by atoms with Crippen molar-refractivity contribution >= 4 is 29.1 Å². The molecule has 1 N–H and O–H groups in total. The zero-order valence-electron chi connectivity index (χ0n) is 16.2. The fourth-order valence-corrected chi connectivity index (χ4v) is 2.76. The summed E-state index contributed by atoms with van der Waals surface area (Å²) in [6.45, 7) is 6.93. The van der Waals surface area contributed by atoms with Crippen molar-refractivity contribution in [1.82, 2.24) is 15.2 Å². The minimum atomic E-state index is -0.336. The topological polar surface area (TPSA) is 80.2 Å². The van der Waals surface area contributed by atoms with Crippen LogP contribution in [-0.4, -0.2) is 34.3 Å². The Bertz CT molecular complexity index is 944. The van der Waals surface area contributed by atoms with Crippen molar-refractivity contribution in [2.45, 2.75) is 20.8 Å². The molecule has 0 aliphatic carbocycles. The first-order valence-corrected chi connectivity index (χ1v) is 9.19. The molecule has 0 bridgehead atoms. The van der Waals surface area contributed by atoms with Gasteiger partial charge in [-0.15, -0.1) is 5.10 Å². The molecule has 0 atom stereocenters. The third-order valence-corrected chi connectivity index (χ3v) is 4.09. The molecule has 3 rings (SSSR count). The van der Waals surface area contributed by atoms with Gasteiger partial charge in [0.25, 0.3) is 5.95 Å². The van der Waals surface area contributed by atoms with Gasteiger partial charge in [-0.25, -0.2) is 4.79 Å². The molecule has 0 radical (unpaired) electrons. The van der Waals surface area contributed by atoms with Gasteiger partial charge >= 0.3 is 5.97 Å². The van der Waals surface area contributed by atoms with Crippen LogP contribution in [0.4, 0.5) is 23.1 Å². The summed E-state index contributed by atoms with van der Waals surface area (Å²) in [5.41, 5.74) is 3.48. The van der Waals surface area contributed by atoms with E-state index in [0.717, 1.165) is 11.4 Å². The maximum absolute atomic E-state index is 11.7. The van der Waals surface area contributed by atoms with Gasteiger partial charge in [0.2, 0.25) is 0 Å². The van der Waals surface area contributed by atoms with Crippen molar-refractivity contribution in [3.8, 4) is 0 Å². The Labute approximate surface area is 164 Å². The molecule has 0 saturated heterocycles. The second-order valence-electron chi connectivity index (χ2n) is 6.15. The monoisotopic (exact) mass is 377 g/mol. The number of benzene rings is 2. The van der Waals surface area contributed by atoms with E-state index in [-0.39, 0.29) is 5.97 Å². The molecule has 0 unspecified atom stereocenters. The van der Waals surface area contributed by atoms with E-state index < -0.39 is 0 Å². The van der Waals surface area contributed by atoms with E-state index in [1.165, 1.54) is 5.56 Å². The molecule has 3 aromatic rings. The summed E-state index contributed by atoms with van der Waals surface area (Å²) in [6.07, 6.45) is 1.56. The first kappa shape index (κ1) is 19.3. The number of carbonyl (C=O) groups is 1. The maximum atomic E-state index is 11.7. The smallest absolute Gasteiger partial charge is 0.338 e. The summed E-state index contributed by atoms with van der Waals surface area (Å²) in [5.74, 6) is 0.748. The lowest BCUT2D eigenvalue weighted by Gasteiger charge is -2.21. The van der Waals surface area contributed by atoms with Gasteiger partial charge in [-0.3, -0.25) is 0 Å².